The summed E-state index contributed by atoms with van der Waals surface area (Å²) in [6.07, 6.45) is 0. The second-order valence-corrected chi connectivity index (χ2v) is 4.19. The Morgan fingerprint density at radius 2 is 1.89 bits per heavy atom. The smallest absolute Gasteiger partial charge is 0.374 e. The molecule has 98 valence electrons. The van der Waals surface area contributed by atoms with Crippen molar-refractivity contribution in [1.82, 2.24) is 5.16 Å². The van der Waals surface area contributed by atoms with Gasteiger partial charge < -0.3 is 19.1 Å². The van der Waals surface area contributed by atoms with Gasteiger partial charge in [0, 0.05) is 11.6 Å². The highest BCUT2D eigenvalue weighted by Crippen LogP contribution is 2.36. The first-order valence-electron chi connectivity index (χ1n) is 5.76. The third-order valence-electron chi connectivity index (χ3n) is 2.89. The molecule has 0 saturated carbocycles. The molecule has 1 aromatic carbocycles. The summed E-state index contributed by atoms with van der Waals surface area (Å²) in [5, 5.41) is 12.6. The molecular weight excluding hydrogens is 250 g/mol. The minimum Gasteiger partial charge on any atom is -0.486 e. The van der Waals surface area contributed by atoms with E-state index in [2.05, 4.69) is 5.16 Å². The summed E-state index contributed by atoms with van der Waals surface area (Å²) >= 11 is 0. The summed E-state index contributed by atoms with van der Waals surface area (Å²) in [5.74, 6) is -0.0144. The molecule has 0 atom stereocenters. The number of fused-ring (bicyclic) bond motifs is 1. The third kappa shape index (κ3) is 2.01. The molecule has 2 aromatic rings. The van der Waals surface area contributed by atoms with E-state index in [1.54, 1.807) is 6.07 Å². The van der Waals surface area contributed by atoms with Gasteiger partial charge in [0.2, 0.25) is 5.76 Å². The highest BCUT2D eigenvalue weighted by atomic mass is 16.6. The van der Waals surface area contributed by atoms with E-state index in [1.807, 2.05) is 13.0 Å². The van der Waals surface area contributed by atoms with E-state index in [1.165, 1.54) is 6.07 Å². The lowest BCUT2D eigenvalue weighted by Crippen LogP contribution is -2.15. The molecule has 0 saturated heterocycles. The van der Waals surface area contributed by atoms with Crippen LogP contribution in [-0.4, -0.2) is 29.4 Å². The van der Waals surface area contributed by atoms with Gasteiger partial charge in [-0.3, -0.25) is 0 Å². The van der Waals surface area contributed by atoms with Gasteiger partial charge in [-0.15, -0.1) is 0 Å². The number of nitrogens with zero attached hydrogens (tertiary/aromatic N) is 1. The van der Waals surface area contributed by atoms with Crippen molar-refractivity contribution in [2.45, 2.75) is 6.92 Å². The van der Waals surface area contributed by atoms with Crippen LogP contribution in [0.1, 0.15) is 16.1 Å². The Bertz CT molecular complexity index is 646. The molecule has 3 rings (SSSR count). The van der Waals surface area contributed by atoms with Crippen molar-refractivity contribution >= 4 is 5.97 Å². The van der Waals surface area contributed by atoms with Crippen LogP contribution in [0, 0.1) is 6.92 Å². The zero-order valence-electron chi connectivity index (χ0n) is 10.2. The van der Waals surface area contributed by atoms with Gasteiger partial charge in [0.15, 0.2) is 11.5 Å². The van der Waals surface area contributed by atoms with Gasteiger partial charge in [-0.1, -0.05) is 5.16 Å². The highest BCUT2D eigenvalue weighted by molar-refractivity contribution is 5.86. The van der Waals surface area contributed by atoms with Crippen LogP contribution >= 0.6 is 0 Å². The largest absolute Gasteiger partial charge is 0.486 e. The zero-order chi connectivity index (χ0) is 13.4. The number of carbonyl (C=O) groups is 1. The topological polar surface area (TPSA) is 81.8 Å². The Kier molecular flexibility index (Phi) is 2.63. The fourth-order valence-corrected chi connectivity index (χ4v) is 1.97. The van der Waals surface area contributed by atoms with Crippen LogP contribution in [0.25, 0.3) is 11.3 Å². The molecule has 2 heterocycles. The van der Waals surface area contributed by atoms with Crippen LogP contribution in [-0.2, 0) is 0 Å². The summed E-state index contributed by atoms with van der Waals surface area (Å²) < 4.78 is 15.7. The minimum atomic E-state index is -1.14. The van der Waals surface area contributed by atoms with E-state index in [4.69, 9.17) is 19.1 Å². The summed E-state index contributed by atoms with van der Waals surface area (Å²) in [7, 11) is 0. The van der Waals surface area contributed by atoms with E-state index in [-0.39, 0.29) is 5.76 Å². The number of aromatic nitrogens is 1. The van der Waals surface area contributed by atoms with Crippen LogP contribution < -0.4 is 9.47 Å². The van der Waals surface area contributed by atoms with Gasteiger partial charge in [0.1, 0.15) is 18.9 Å². The van der Waals surface area contributed by atoms with Gasteiger partial charge >= 0.3 is 5.97 Å². The normalized spacial score (nSPS) is 13.3. The number of rotatable bonds is 2. The maximum atomic E-state index is 10.8. The molecule has 0 fully saturated rings. The van der Waals surface area contributed by atoms with Crippen LogP contribution in [0.2, 0.25) is 0 Å². The standard InChI is InChI=1S/C13H11NO5/c1-7-4-10-11(18-3-2-17-10)5-8(7)9-6-12(13(15)16)19-14-9/h4-6H,2-3H2,1H3,(H,15,16). The van der Waals surface area contributed by atoms with Gasteiger partial charge in [-0.2, -0.15) is 0 Å². The van der Waals surface area contributed by atoms with Gasteiger partial charge in [-0.25, -0.2) is 4.79 Å². The minimum absolute atomic E-state index is 0.190. The summed E-state index contributed by atoms with van der Waals surface area (Å²) in [5.41, 5.74) is 2.14. The number of aromatic carboxylic acids is 1. The first kappa shape index (κ1) is 11.6. The number of hydrogen-bond donors (Lipinski definition) is 1. The molecular formula is C13H11NO5. The van der Waals surface area contributed by atoms with E-state index in [9.17, 15) is 4.79 Å². The fourth-order valence-electron chi connectivity index (χ4n) is 1.97. The molecule has 0 amide bonds. The predicted molar refractivity (Wildman–Crippen MR) is 64.6 cm³/mol. The molecule has 6 nitrogen and oxygen atoms in total. The van der Waals surface area contributed by atoms with E-state index < -0.39 is 5.97 Å². The lowest BCUT2D eigenvalue weighted by atomic mass is 10.0. The van der Waals surface area contributed by atoms with Crippen LogP contribution in [0.3, 0.4) is 0 Å². The molecule has 1 aliphatic heterocycles. The molecule has 0 aliphatic carbocycles. The van der Waals surface area contributed by atoms with Crippen molar-refractivity contribution in [3.8, 4) is 22.8 Å². The van der Waals surface area contributed by atoms with Crippen molar-refractivity contribution in [2.24, 2.45) is 0 Å². The Labute approximate surface area is 108 Å². The Balaban J connectivity index is 2.06. The van der Waals surface area contributed by atoms with E-state index >= 15 is 0 Å². The second kappa shape index (κ2) is 4.31. The number of hydrogen-bond acceptors (Lipinski definition) is 5. The highest BCUT2D eigenvalue weighted by Gasteiger charge is 2.18. The number of ether oxygens (including phenoxy) is 2. The molecule has 6 heteroatoms. The van der Waals surface area contributed by atoms with Gasteiger partial charge in [-0.05, 0) is 24.6 Å². The predicted octanol–water partition coefficient (Wildman–Crippen LogP) is 2.12. The van der Waals surface area contributed by atoms with Gasteiger partial charge in [0.25, 0.3) is 0 Å². The third-order valence-corrected chi connectivity index (χ3v) is 2.89. The number of carboxylic acid groups (broad SMARTS) is 1. The average molecular weight is 261 g/mol. The maximum Gasteiger partial charge on any atom is 0.374 e. The number of benzene rings is 1. The lowest BCUT2D eigenvalue weighted by Gasteiger charge is -2.19. The average Bonchev–Trinajstić information content (AvgIpc) is 2.87. The van der Waals surface area contributed by atoms with Crippen LogP contribution in [0.4, 0.5) is 0 Å². The summed E-state index contributed by atoms with van der Waals surface area (Å²) in [6, 6.07) is 5.02. The van der Waals surface area contributed by atoms with E-state index in [0.717, 1.165) is 11.1 Å². The lowest BCUT2D eigenvalue weighted by molar-refractivity contribution is 0.0652. The molecule has 0 unspecified atom stereocenters. The Morgan fingerprint density at radius 3 is 2.53 bits per heavy atom. The van der Waals surface area contributed by atoms with Crippen LogP contribution in [0.5, 0.6) is 11.5 Å². The quantitative estimate of drug-likeness (QED) is 0.891. The first-order valence-corrected chi connectivity index (χ1v) is 5.76. The first-order chi connectivity index (χ1) is 9.15. The summed E-state index contributed by atoms with van der Waals surface area (Å²) in [4.78, 5) is 10.8. The van der Waals surface area contributed by atoms with Crippen molar-refractivity contribution in [2.75, 3.05) is 13.2 Å². The SMILES string of the molecule is Cc1cc2c(cc1-c1cc(C(=O)O)on1)OCCO2. The van der Waals surface area contributed by atoms with Crippen molar-refractivity contribution in [1.29, 1.82) is 0 Å². The Morgan fingerprint density at radius 1 is 1.21 bits per heavy atom. The fraction of sp³-hybridized carbons (Fsp3) is 0.231. The Hall–Kier alpha value is -2.50. The van der Waals surface area contributed by atoms with Crippen molar-refractivity contribution in [3.63, 3.8) is 0 Å². The zero-order valence-corrected chi connectivity index (χ0v) is 10.2. The molecule has 19 heavy (non-hydrogen) atoms. The van der Waals surface area contributed by atoms with E-state index in [0.29, 0.717) is 30.4 Å². The molecule has 1 aliphatic rings. The van der Waals surface area contributed by atoms with Gasteiger partial charge in [0.05, 0.1) is 0 Å². The van der Waals surface area contributed by atoms with Crippen molar-refractivity contribution < 1.29 is 23.9 Å². The molecule has 0 bridgehead atoms. The second-order valence-electron chi connectivity index (χ2n) is 4.19. The molecule has 0 radical (unpaired) electrons. The molecule has 0 spiro atoms. The monoisotopic (exact) mass is 261 g/mol. The summed E-state index contributed by atoms with van der Waals surface area (Å²) in [6.45, 7) is 2.91. The molecule has 1 aromatic heterocycles. The number of aryl methyl sites for hydroxylation is 1. The van der Waals surface area contributed by atoms with Crippen molar-refractivity contribution in [3.05, 3.63) is 29.5 Å². The molecule has 1 N–H and O–H groups in total. The van der Waals surface area contributed by atoms with Crippen LogP contribution in [0.15, 0.2) is 22.7 Å². The number of carboxylic acids is 1. The maximum absolute atomic E-state index is 10.8.